The molecule has 3 heteroatoms. The molecule has 0 aliphatic carbocycles. The molecule has 0 heterocycles. The number of aryl methyl sites for hydroxylation is 1. The molecule has 112 valence electrons. The van der Waals surface area contributed by atoms with Crippen LogP contribution in [-0.2, 0) is 6.42 Å². The molecule has 21 heavy (non-hydrogen) atoms. The summed E-state index contributed by atoms with van der Waals surface area (Å²) in [7, 11) is 1.70. The number of hydrogen-bond acceptors (Lipinski definition) is 2. The Morgan fingerprint density at radius 3 is 2.52 bits per heavy atom. The van der Waals surface area contributed by atoms with Gasteiger partial charge in [-0.05, 0) is 54.8 Å². The van der Waals surface area contributed by atoms with Gasteiger partial charge in [0, 0.05) is 10.5 Å². The molecule has 0 saturated heterocycles. The fraction of sp³-hybridized carbons (Fsp3) is 0.333. The van der Waals surface area contributed by atoms with Crippen molar-refractivity contribution in [3.05, 3.63) is 64.1 Å². The van der Waals surface area contributed by atoms with Gasteiger partial charge in [0.05, 0.1) is 7.11 Å². The van der Waals surface area contributed by atoms with Crippen LogP contribution in [0.4, 0.5) is 0 Å². The zero-order valence-corrected chi connectivity index (χ0v) is 14.2. The van der Waals surface area contributed by atoms with Gasteiger partial charge < -0.3 is 10.1 Å². The minimum atomic E-state index is 0.384. The van der Waals surface area contributed by atoms with Crippen molar-refractivity contribution in [2.24, 2.45) is 0 Å². The molecule has 2 rings (SSSR count). The average molecular weight is 348 g/mol. The van der Waals surface area contributed by atoms with Crippen LogP contribution in [0.15, 0.2) is 53.0 Å². The third kappa shape index (κ3) is 4.87. The molecule has 0 amide bonds. The maximum absolute atomic E-state index is 5.20. The third-order valence-corrected chi connectivity index (χ3v) is 4.08. The fourth-order valence-corrected chi connectivity index (χ4v) is 2.88. The van der Waals surface area contributed by atoms with E-state index in [0.29, 0.717) is 6.04 Å². The minimum Gasteiger partial charge on any atom is -0.497 e. The molecule has 0 aromatic heterocycles. The van der Waals surface area contributed by atoms with Crippen LogP contribution in [-0.4, -0.2) is 13.7 Å². The average Bonchev–Trinajstić information content (AvgIpc) is 2.52. The molecule has 2 aromatic rings. The van der Waals surface area contributed by atoms with Gasteiger partial charge in [0.1, 0.15) is 5.75 Å². The van der Waals surface area contributed by atoms with Gasteiger partial charge in [-0.25, -0.2) is 0 Å². The highest BCUT2D eigenvalue weighted by atomic mass is 79.9. The fourth-order valence-electron chi connectivity index (χ4n) is 2.46. The van der Waals surface area contributed by atoms with E-state index < -0.39 is 0 Å². The van der Waals surface area contributed by atoms with E-state index in [-0.39, 0.29) is 0 Å². The lowest BCUT2D eigenvalue weighted by Gasteiger charge is -2.19. The second-order valence-electron chi connectivity index (χ2n) is 5.05. The number of methoxy groups -OCH3 is 1. The first kappa shape index (κ1) is 16.1. The molecule has 0 spiro atoms. The smallest absolute Gasteiger partial charge is 0.118 e. The Labute approximate surface area is 135 Å². The summed E-state index contributed by atoms with van der Waals surface area (Å²) in [5.41, 5.74) is 2.67. The van der Waals surface area contributed by atoms with Crippen LogP contribution in [0.5, 0.6) is 5.75 Å². The second kappa shape index (κ2) is 8.20. The third-order valence-electron chi connectivity index (χ3n) is 3.58. The largest absolute Gasteiger partial charge is 0.497 e. The van der Waals surface area contributed by atoms with E-state index in [1.807, 2.05) is 12.1 Å². The Morgan fingerprint density at radius 1 is 1.14 bits per heavy atom. The van der Waals surface area contributed by atoms with Gasteiger partial charge in [-0.1, -0.05) is 47.1 Å². The Kier molecular flexibility index (Phi) is 6.27. The standard InChI is InChI=1S/C18H22BrNO/c1-3-20-18(15-5-4-6-16(19)13-15)12-9-14-7-10-17(21-2)11-8-14/h4-8,10-11,13,18,20H,3,9,12H2,1-2H3. The van der Waals surface area contributed by atoms with Crippen LogP contribution < -0.4 is 10.1 Å². The van der Waals surface area contributed by atoms with Gasteiger partial charge in [0.2, 0.25) is 0 Å². The van der Waals surface area contributed by atoms with Crippen LogP contribution >= 0.6 is 15.9 Å². The van der Waals surface area contributed by atoms with Crippen molar-refractivity contribution in [2.45, 2.75) is 25.8 Å². The van der Waals surface area contributed by atoms with Crippen LogP contribution in [0.1, 0.15) is 30.5 Å². The first-order valence-corrected chi connectivity index (χ1v) is 8.14. The van der Waals surface area contributed by atoms with Gasteiger partial charge in [-0.2, -0.15) is 0 Å². The van der Waals surface area contributed by atoms with Crippen molar-refractivity contribution in [2.75, 3.05) is 13.7 Å². The first-order valence-electron chi connectivity index (χ1n) is 7.34. The lowest BCUT2D eigenvalue weighted by atomic mass is 9.99. The van der Waals surface area contributed by atoms with Gasteiger partial charge in [-0.3, -0.25) is 0 Å². The summed E-state index contributed by atoms with van der Waals surface area (Å²) in [5, 5.41) is 3.57. The van der Waals surface area contributed by atoms with E-state index in [1.165, 1.54) is 11.1 Å². The molecular formula is C18H22BrNO. The molecule has 1 N–H and O–H groups in total. The normalized spacial score (nSPS) is 12.1. The van der Waals surface area contributed by atoms with Gasteiger partial charge in [0.25, 0.3) is 0 Å². The van der Waals surface area contributed by atoms with Crippen LogP contribution in [0.3, 0.4) is 0 Å². The Morgan fingerprint density at radius 2 is 1.90 bits per heavy atom. The molecule has 0 aliphatic heterocycles. The molecule has 2 aromatic carbocycles. The van der Waals surface area contributed by atoms with Gasteiger partial charge in [-0.15, -0.1) is 0 Å². The molecule has 0 aliphatic rings. The number of ether oxygens (including phenoxy) is 1. The monoisotopic (exact) mass is 347 g/mol. The highest BCUT2D eigenvalue weighted by molar-refractivity contribution is 9.10. The zero-order valence-electron chi connectivity index (χ0n) is 12.6. The molecular weight excluding hydrogens is 326 g/mol. The minimum absolute atomic E-state index is 0.384. The summed E-state index contributed by atoms with van der Waals surface area (Å²) in [6.07, 6.45) is 2.13. The van der Waals surface area contributed by atoms with Crippen molar-refractivity contribution in [1.82, 2.24) is 5.32 Å². The van der Waals surface area contributed by atoms with Crippen LogP contribution in [0.2, 0.25) is 0 Å². The lowest BCUT2D eigenvalue weighted by Crippen LogP contribution is -2.21. The molecule has 1 unspecified atom stereocenters. The molecule has 0 radical (unpaired) electrons. The SMILES string of the molecule is CCNC(CCc1ccc(OC)cc1)c1cccc(Br)c1. The molecule has 1 atom stereocenters. The molecule has 0 fully saturated rings. The maximum Gasteiger partial charge on any atom is 0.118 e. The summed E-state index contributed by atoms with van der Waals surface area (Å²) in [4.78, 5) is 0. The summed E-state index contributed by atoms with van der Waals surface area (Å²) in [6.45, 7) is 3.12. The number of halogens is 1. The van der Waals surface area contributed by atoms with Crippen molar-refractivity contribution in [3.8, 4) is 5.75 Å². The lowest BCUT2D eigenvalue weighted by molar-refractivity contribution is 0.414. The van der Waals surface area contributed by atoms with Crippen molar-refractivity contribution >= 4 is 15.9 Å². The quantitative estimate of drug-likeness (QED) is 0.780. The van der Waals surface area contributed by atoms with Gasteiger partial charge >= 0.3 is 0 Å². The van der Waals surface area contributed by atoms with E-state index in [1.54, 1.807) is 7.11 Å². The number of rotatable bonds is 7. The first-order chi connectivity index (χ1) is 10.2. The van der Waals surface area contributed by atoms with Crippen LogP contribution in [0, 0.1) is 0 Å². The topological polar surface area (TPSA) is 21.3 Å². The maximum atomic E-state index is 5.20. The van der Waals surface area contributed by atoms with Crippen LogP contribution in [0.25, 0.3) is 0 Å². The Hall–Kier alpha value is -1.32. The van der Waals surface area contributed by atoms with E-state index in [2.05, 4.69) is 64.6 Å². The van der Waals surface area contributed by atoms with Crippen molar-refractivity contribution in [3.63, 3.8) is 0 Å². The number of nitrogens with one attached hydrogen (secondary N) is 1. The Balaban J connectivity index is 2.02. The zero-order chi connectivity index (χ0) is 15.1. The summed E-state index contributed by atoms with van der Waals surface area (Å²) in [6, 6.07) is 17.3. The van der Waals surface area contributed by atoms with E-state index >= 15 is 0 Å². The number of hydrogen-bond donors (Lipinski definition) is 1. The summed E-state index contributed by atoms with van der Waals surface area (Å²) in [5.74, 6) is 0.911. The van der Waals surface area contributed by atoms with Crippen molar-refractivity contribution < 1.29 is 4.74 Å². The van der Waals surface area contributed by atoms with E-state index in [4.69, 9.17) is 4.74 Å². The van der Waals surface area contributed by atoms with E-state index in [0.717, 1.165) is 29.6 Å². The van der Waals surface area contributed by atoms with E-state index in [9.17, 15) is 0 Å². The highest BCUT2D eigenvalue weighted by Crippen LogP contribution is 2.23. The highest BCUT2D eigenvalue weighted by Gasteiger charge is 2.10. The van der Waals surface area contributed by atoms with Gasteiger partial charge in [0.15, 0.2) is 0 Å². The second-order valence-corrected chi connectivity index (χ2v) is 5.97. The molecule has 0 bridgehead atoms. The molecule has 2 nitrogen and oxygen atoms in total. The predicted octanol–water partition coefficient (Wildman–Crippen LogP) is 4.74. The molecule has 0 saturated carbocycles. The van der Waals surface area contributed by atoms with Crippen molar-refractivity contribution in [1.29, 1.82) is 0 Å². The number of benzene rings is 2. The Bertz CT molecular complexity index is 553. The summed E-state index contributed by atoms with van der Waals surface area (Å²) < 4.78 is 6.33. The predicted molar refractivity (Wildman–Crippen MR) is 91.9 cm³/mol. The summed E-state index contributed by atoms with van der Waals surface area (Å²) >= 11 is 3.55.